The summed E-state index contributed by atoms with van der Waals surface area (Å²) in [7, 11) is 0. The number of amides is 1. The molecule has 0 saturated carbocycles. The number of aromatic nitrogens is 3. The van der Waals surface area contributed by atoms with E-state index in [1.807, 2.05) is 0 Å². The van der Waals surface area contributed by atoms with Crippen LogP contribution in [0.1, 0.15) is 6.42 Å². The van der Waals surface area contributed by atoms with Crippen molar-refractivity contribution in [2.75, 3.05) is 18.0 Å². The third-order valence-corrected chi connectivity index (χ3v) is 2.26. The van der Waals surface area contributed by atoms with Crippen molar-refractivity contribution in [1.29, 1.82) is 0 Å². The van der Waals surface area contributed by atoms with Gasteiger partial charge in [0.15, 0.2) is 0 Å². The fraction of sp³-hybridized carbons (Fsp3) is 0.500. The van der Waals surface area contributed by atoms with Gasteiger partial charge in [-0.1, -0.05) is 0 Å². The molecule has 6 heteroatoms. The van der Waals surface area contributed by atoms with Crippen LogP contribution in [0.3, 0.4) is 0 Å². The lowest BCUT2D eigenvalue weighted by Crippen LogP contribution is -2.27. The van der Waals surface area contributed by atoms with Gasteiger partial charge in [-0.15, -0.1) is 0 Å². The number of hydrogen-bond donors (Lipinski definition) is 1. The number of carbonyl (C=O) groups excluding carboxylic acids is 1. The molecule has 1 aromatic heterocycles. The highest BCUT2D eigenvalue weighted by Crippen LogP contribution is 2.20. The van der Waals surface area contributed by atoms with Crippen molar-refractivity contribution in [1.82, 2.24) is 15.0 Å². The maximum atomic E-state index is 11.5. The number of hydrogen-bond acceptors (Lipinski definition) is 5. The monoisotopic (exact) mass is 193 g/mol. The molecule has 1 amide bonds. The van der Waals surface area contributed by atoms with E-state index in [1.165, 1.54) is 12.7 Å². The molecule has 1 aliphatic rings. The summed E-state index contributed by atoms with van der Waals surface area (Å²) in [6, 6.07) is 0. The lowest BCUT2D eigenvalue weighted by atomic mass is 10.1. The summed E-state index contributed by atoms with van der Waals surface area (Å²) in [5.41, 5.74) is 5.50. The zero-order valence-electron chi connectivity index (χ0n) is 7.63. The van der Waals surface area contributed by atoms with E-state index < -0.39 is 0 Å². The van der Waals surface area contributed by atoms with E-state index in [2.05, 4.69) is 15.0 Å². The van der Waals surface area contributed by atoms with Gasteiger partial charge in [-0.3, -0.25) is 9.69 Å². The number of nitrogens with two attached hydrogens (primary N) is 1. The van der Waals surface area contributed by atoms with Gasteiger partial charge in [0, 0.05) is 13.0 Å². The van der Waals surface area contributed by atoms with E-state index >= 15 is 0 Å². The topological polar surface area (TPSA) is 85.0 Å². The normalized spacial score (nSPS) is 21.6. The Bertz CT molecular complexity index is 328. The van der Waals surface area contributed by atoms with Gasteiger partial charge in [-0.2, -0.15) is 0 Å². The van der Waals surface area contributed by atoms with E-state index in [9.17, 15) is 4.79 Å². The van der Waals surface area contributed by atoms with Crippen LogP contribution in [-0.2, 0) is 4.79 Å². The molecule has 0 spiro atoms. The van der Waals surface area contributed by atoms with Gasteiger partial charge in [-0.25, -0.2) is 15.0 Å². The second-order valence-corrected chi connectivity index (χ2v) is 3.25. The van der Waals surface area contributed by atoms with Crippen LogP contribution in [0.5, 0.6) is 0 Å². The quantitative estimate of drug-likeness (QED) is 0.663. The Labute approximate surface area is 81.2 Å². The first-order chi connectivity index (χ1) is 6.81. The van der Waals surface area contributed by atoms with E-state index in [0.29, 0.717) is 25.5 Å². The molecule has 0 aliphatic carbocycles. The van der Waals surface area contributed by atoms with E-state index in [-0.39, 0.29) is 11.8 Å². The summed E-state index contributed by atoms with van der Waals surface area (Å²) < 4.78 is 0. The first kappa shape index (κ1) is 9.01. The summed E-state index contributed by atoms with van der Waals surface area (Å²) in [6.45, 7) is 1.13. The third kappa shape index (κ3) is 1.56. The number of carbonyl (C=O) groups is 1. The second kappa shape index (κ2) is 3.67. The van der Waals surface area contributed by atoms with Crippen LogP contribution in [0.15, 0.2) is 12.7 Å². The molecule has 2 heterocycles. The van der Waals surface area contributed by atoms with Crippen molar-refractivity contribution < 1.29 is 4.79 Å². The summed E-state index contributed by atoms with van der Waals surface area (Å²) in [5, 5.41) is 0. The number of anilines is 1. The van der Waals surface area contributed by atoms with Crippen molar-refractivity contribution in [2.45, 2.75) is 6.42 Å². The van der Waals surface area contributed by atoms with Gasteiger partial charge in [0.25, 0.3) is 0 Å². The molecule has 74 valence electrons. The van der Waals surface area contributed by atoms with Crippen molar-refractivity contribution in [3.8, 4) is 0 Å². The van der Waals surface area contributed by atoms with Crippen LogP contribution in [0.4, 0.5) is 5.95 Å². The van der Waals surface area contributed by atoms with Crippen LogP contribution >= 0.6 is 0 Å². The molecular formula is C8H11N5O. The molecule has 1 fully saturated rings. The predicted octanol–water partition coefficient (Wildman–Crippen LogP) is -0.817. The molecule has 1 atom stereocenters. The Balaban J connectivity index is 2.17. The minimum Gasteiger partial charge on any atom is -0.330 e. The van der Waals surface area contributed by atoms with Crippen LogP contribution in [0, 0.1) is 5.92 Å². The highest BCUT2D eigenvalue weighted by Gasteiger charge is 2.30. The summed E-state index contributed by atoms with van der Waals surface area (Å²) in [6.07, 6.45) is 3.25. The fourth-order valence-corrected chi connectivity index (χ4v) is 1.51. The van der Waals surface area contributed by atoms with E-state index in [0.717, 1.165) is 0 Å². The zero-order valence-corrected chi connectivity index (χ0v) is 7.63. The lowest BCUT2D eigenvalue weighted by molar-refractivity contribution is -0.117. The SMILES string of the molecule is NCC1CC(=O)N(c2ncncn2)C1. The molecular weight excluding hydrogens is 182 g/mol. The predicted molar refractivity (Wildman–Crippen MR) is 49.3 cm³/mol. The van der Waals surface area contributed by atoms with Crippen molar-refractivity contribution >= 4 is 11.9 Å². The lowest BCUT2D eigenvalue weighted by Gasteiger charge is -2.12. The van der Waals surface area contributed by atoms with Gasteiger partial charge in [0.2, 0.25) is 11.9 Å². The second-order valence-electron chi connectivity index (χ2n) is 3.25. The first-order valence-electron chi connectivity index (χ1n) is 4.43. The third-order valence-electron chi connectivity index (χ3n) is 2.26. The molecule has 6 nitrogen and oxygen atoms in total. The molecule has 1 unspecified atom stereocenters. The number of rotatable bonds is 2. The van der Waals surface area contributed by atoms with Crippen LogP contribution in [-0.4, -0.2) is 33.9 Å². The van der Waals surface area contributed by atoms with Crippen LogP contribution in [0.25, 0.3) is 0 Å². The molecule has 1 aromatic rings. The average molecular weight is 193 g/mol. The van der Waals surface area contributed by atoms with Crippen molar-refractivity contribution in [3.05, 3.63) is 12.7 Å². The average Bonchev–Trinajstić information content (AvgIpc) is 2.61. The largest absolute Gasteiger partial charge is 0.330 e. The highest BCUT2D eigenvalue weighted by molar-refractivity contribution is 5.93. The molecule has 1 saturated heterocycles. The van der Waals surface area contributed by atoms with Gasteiger partial charge in [0.05, 0.1) is 0 Å². The fourth-order valence-electron chi connectivity index (χ4n) is 1.51. The van der Waals surface area contributed by atoms with Gasteiger partial charge in [-0.05, 0) is 12.5 Å². The van der Waals surface area contributed by atoms with Crippen molar-refractivity contribution in [2.24, 2.45) is 11.7 Å². The zero-order chi connectivity index (χ0) is 9.97. The van der Waals surface area contributed by atoms with Gasteiger partial charge >= 0.3 is 0 Å². The van der Waals surface area contributed by atoms with Crippen molar-refractivity contribution in [3.63, 3.8) is 0 Å². The van der Waals surface area contributed by atoms with Crippen LogP contribution < -0.4 is 10.6 Å². The Morgan fingerprint density at radius 2 is 2.21 bits per heavy atom. The van der Waals surface area contributed by atoms with Gasteiger partial charge in [0.1, 0.15) is 12.7 Å². The molecule has 0 bridgehead atoms. The minimum atomic E-state index is 0.0339. The Morgan fingerprint density at radius 1 is 1.50 bits per heavy atom. The molecule has 2 N–H and O–H groups in total. The Kier molecular flexibility index (Phi) is 2.36. The van der Waals surface area contributed by atoms with Gasteiger partial charge < -0.3 is 5.73 Å². The molecule has 0 radical (unpaired) electrons. The summed E-state index contributed by atoms with van der Waals surface area (Å²) in [5.74, 6) is 0.673. The summed E-state index contributed by atoms with van der Waals surface area (Å²) in [4.78, 5) is 24.6. The molecule has 2 rings (SSSR count). The van der Waals surface area contributed by atoms with E-state index in [4.69, 9.17) is 5.73 Å². The minimum absolute atomic E-state index is 0.0339. The molecule has 0 aromatic carbocycles. The smallest absolute Gasteiger partial charge is 0.235 e. The molecule has 14 heavy (non-hydrogen) atoms. The standard InChI is InChI=1S/C8H11N5O/c9-2-6-1-7(14)13(3-6)8-11-4-10-5-12-8/h4-6H,1-3,9H2. The maximum absolute atomic E-state index is 11.5. The summed E-state index contributed by atoms with van der Waals surface area (Å²) >= 11 is 0. The molecule has 1 aliphatic heterocycles. The van der Waals surface area contributed by atoms with E-state index in [1.54, 1.807) is 4.90 Å². The highest BCUT2D eigenvalue weighted by atomic mass is 16.2. The number of nitrogens with zero attached hydrogens (tertiary/aromatic N) is 4. The maximum Gasteiger partial charge on any atom is 0.235 e. The Hall–Kier alpha value is -1.56. The first-order valence-corrected chi connectivity index (χ1v) is 4.43. The Morgan fingerprint density at radius 3 is 2.79 bits per heavy atom. The van der Waals surface area contributed by atoms with Crippen LogP contribution in [0.2, 0.25) is 0 Å².